The number of hydrogen-bond donors (Lipinski definition) is 2. The number of nitrogen functional groups attached to an aromatic ring is 1. The minimum absolute atomic E-state index is 0.277. The number of benzene rings is 2. The Morgan fingerprint density at radius 1 is 1.28 bits per heavy atom. The summed E-state index contributed by atoms with van der Waals surface area (Å²) in [5, 5.41) is 3.12. The SMILES string of the molecule is Cc1cc(Nc2cc(F)c(I)cc2N)ccc1Br. The van der Waals surface area contributed by atoms with Gasteiger partial charge in [0.1, 0.15) is 5.82 Å². The van der Waals surface area contributed by atoms with Crippen molar-refractivity contribution in [1.29, 1.82) is 0 Å². The lowest BCUT2D eigenvalue weighted by molar-refractivity contribution is 0.621. The molecular formula is C13H11BrFIN2. The molecule has 2 aromatic carbocycles. The first-order valence-corrected chi connectivity index (χ1v) is 7.12. The van der Waals surface area contributed by atoms with Crippen LogP contribution < -0.4 is 11.1 Å². The molecule has 5 heteroatoms. The molecule has 0 aliphatic carbocycles. The zero-order valence-electron chi connectivity index (χ0n) is 9.60. The maximum absolute atomic E-state index is 13.5. The summed E-state index contributed by atoms with van der Waals surface area (Å²) >= 11 is 5.36. The Labute approximate surface area is 127 Å². The predicted molar refractivity (Wildman–Crippen MR) is 85.7 cm³/mol. The molecule has 0 saturated carbocycles. The van der Waals surface area contributed by atoms with Crippen LogP contribution in [0.2, 0.25) is 0 Å². The molecule has 0 atom stereocenters. The van der Waals surface area contributed by atoms with Gasteiger partial charge >= 0.3 is 0 Å². The molecule has 0 heterocycles. The lowest BCUT2D eigenvalue weighted by Gasteiger charge is -2.11. The maximum Gasteiger partial charge on any atom is 0.138 e. The Kier molecular flexibility index (Phi) is 4.11. The maximum atomic E-state index is 13.5. The van der Waals surface area contributed by atoms with Crippen molar-refractivity contribution in [2.45, 2.75) is 6.92 Å². The van der Waals surface area contributed by atoms with E-state index in [2.05, 4.69) is 21.2 Å². The van der Waals surface area contributed by atoms with E-state index in [1.54, 1.807) is 6.07 Å². The van der Waals surface area contributed by atoms with Gasteiger partial charge in [0.25, 0.3) is 0 Å². The van der Waals surface area contributed by atoms with Crippen molar-refractivity contribution in [2.24, 2.45) is 0 Å². The van der Waals surface area contributed by atoms with Gasteiger partial charge in [-0.2, -0.15) is 0 Å². The highest BCUT2D eigenvalue weighted by Crippen LogP contribution is 2.28. The van der Waals surface area contributed by atoms with Crippen LogP contribution in [-0.4, -0.2) is 0 Å². The van der Waals surface area contributed by atoms with Crippen LogP contribution >= 0.6 is 38.5 Å². The van der Waals surface area contributed by atoms with Crippen molar-refractivity contribution < 1.29 is 4.39 Å². The second-order valence-electron chi connectivity index (χ2n) is 3.94. The molecule has 0 aliphatic heterocycles. The van der Waals surface area contributed by atoms with Crippen molar-refractivity contribution in [1.82, 2.24) is 0 Å². The van der Waals surface area contributed by atoms with Crippen molar-refractivity contribution in [3.05, 3.63) is 49.8 Å². The Hall–Kier alpha value is -0.820. The molecule has 2 aromatic rings. The van der Waals surface area contributed by atoms with Gasteiger partial charge in [0.05, 0.1) is 14.9 Å². The highest BCUT2D eigenvalue weighted by molar-refractivity contribution is 14.1. The fraction of sp³-hybridized carbons (Fsp3) is 0.0769. The summed E-state index contributed by atoms with van der Waals surface area (Å²) in [5.41, 5.74) is 8.95. The molecule has 0 aromatic heterocycles. The number of nitrogens with one attached hydrogen (secondary N) is 1. The van der Waals surface area contributed by atoms with Crippen LogP contribution in [0.3, 0.4) is 0 Å². The molecule has 2 nitrogen and oxygen atoms in total. The van der Waals surface area contributed by atoms with Gasteiger partial charge in [0.15, 0.2) is 0 Å². The van der Waals surface area contributed by atoms with Crippen LogP contribution in [0.5, 0.6) is 0 Å². The first-order chi connectivity index (χ1) is 8.47. The van der Waals surface area contributed by atoms with E-state index in [4.69, 9.17) is 5.73 Å². The summed E-state index contributed by atoms with van der Waals surface area (Å²) in [6, 6.07) is 8.85. The Balaban J connectivity index is 2.34. The zero-order chi connectivity index (χ0) is 13.3. The fourth-order valence-corrected chi connectivity index (χ4v) is 2.29. The van der Waals surface area contributed by atoms with Crippen molar-refractivity contribution in [3.63, 3.8) is 0 Å². The molecule has 3 N–H and O–H groups in total. The fourth-order valence-electron chi connectivity index (χ4n) is 1.55. The first kappa shape index (κ1) is 13.6. The van der Waals surface area contributed by atoms with E-state index in [1.807, 2.05) is 47.7 Å². The average molecular weight is 421 g/mol. The lowest BCUT2D eigenvalue weighted by Crippen LogP contribution is -1.99. The van der Waals surface area contributed by atoms with Crippen LogP contribution in [0.25, 0.3) is 0 Å². The molecular weight excluding hydrogens is 410 g/mol. The van der Waals surface area contributed by atoms with Gasteiger partial charge in [-0.25, -0.2) is 4.39 Å². The van der Waals surface area contributed by atoms with E-state index in [9.17, 15) is 4.39 Å². The van der Waals surface area contributed by atoms with E-state index in [0.717, 1.165) is 15.7 Å². The third kappa shape index (κ3) is 2.95. The standard InChI is InChI=1S/C13H11BrFIN2/c1-7-4-8(2-3-9(7)14)18-13-5-10(15)11(16)6-12(13)17/h2-6,18H,17H2,1H3. The number of nitrogens with two attached hydrogens (primary N) is 1. The number of anilines is 3. The quantitative estimate of drug-likeness (QED) is 0.539. The molecule has 0 saturated heterocycles. The smallest absolute Gasteiger partial charge is 0.138 e. The van der Waals surface area contributed by atoms with Gasteiger partial charge in [0, 0.05) is 16.2 Å². The first-order valence-electron chi connectivity index (χ1n) is 5.25. The molecule has 0 unspecified atom stereocenters. The highest BCUT2D eigenvalue weighted by Gasteiger charge is 2.06. The lowest BCUT2D eigenvalue weighted by atomic mass is 10.2. The Morgan fingerprint density at radius 2 is 2.00 bits per heavy atom. The zero-order valence-corrected chi connectivity index (χ0v) is 13.3. The molecule has 18 heavy (non-hydrogen) atoms. The molecule has 0 spiro atoms. The normalized spacial score (nSPS) is 10.4. The third-order valence-electron chi connectivity index (χ3n) is 2.53. The number of aryl methyl sites for hydroxylation is 1. The van der Waals surface area contributed by atoms with E-state index < -0.39 is 0 Å². The van der Waals surface area contributed by atoms with Crippen LogP contribution in [-0.2, 0) is 0 Å². The highest BCUT2D eigenvalue weighted by atomic mass is 127. The van der Waals surface area contributed by atoms with Crippen molar-refractivity contribution in [3.8, 4) is 0 Å². The second-order valence-corrected chi connectivity index (χ2v) is 5.96. The largest absolute Gasteiger partial charge is 0.397 e. The molecule has 2 rings (SSSR count). The van der Waals surface area contributed by atoms with Crippen molar-refractivity contribution in [2.75, 3.05) is 11.1 Å². The summed E-state index contributed by atoms with van der Waals surface area (Å²) in [6.07, 6.45) is 0. The number of rotatable bonds is 2. The van der Waals surface area contributed by atoms with E-state index in [0.29, 0.717) is 14.9 Å². The van der Waals surface area contributed by atoms with Gasteiger partial charge in [-0.1, -0.05) is 15.9 Å². The van der Waals surface area contributed by atoms with Gasteiger partial charge in [0.2, 0.25) is 0 Å². The topological polar surface area (TPSA) is 38.0 Å². The van der Waals surface area contributed by atoms with Gasteiger partial charge in [-0.3, -0.25) is 0 Å². The van der Waals surface area contributed by atoms with Gasteiger partial charge < -0.3 is 11.1 Å². The number of hydrogen-bond acceptors (Lipinski definition) is 2. The van der Waals surface area contributed by atoms with Gasteiger partial charge in [-0.15, -0.1) is 0 Å². The molecule has 0 aliphatic rings. The minimum atomic E-state index is -0.277. The van der Waals surface area contributed by atoms with E-state index in [-0.39, 0.29) is 5.82 Å². The van der Waals surface area contributed by atoms with E-state index >= 15 is 0 Å². The summed E-state index contributed by atoms with van der Waals surface area (Å²) < 4.78 is 15.0. The second kappa shape index (κ2) is 5.44. The summed E-state index contributed by atoms with van der Waals surface area (Å²) in [6.45, 7) is 1.99. The van der Waals surface area contributed by atoms with Crippen LogP contribution in [0.1, 0.15) is 5.56 Å². The Bertz CT molecular complexity index is 602. The molecule has 0 bridgehead atoms. The third-order valence-corrected chi connectivity index (χ3v) is 4.25. The van der Waals surface area contributed by atoms with E-state index in [1.165, 1.54) is 6.07 Å². The average Bonchev–Trinajstić information content (AvgIpc) is 2.31. The van der Waals surface area contributed by atoms with Crippen LogP contribution in [0.15, 0.2) is 34.8 Å². The molecule has 94 valence electrons. The predicted octanol–water partition coefficient (Wildman–Crippen LogP) is 4.83. The number of halogens is 3. The summed E-state index contributed by atoms with van der Waals surface area (Å²) in [5.74, 6) is -0.277. The molecule has 0 fully saturated rings. The Morgan fingerprint density at radius 3 is 2.67 bits per heavy atom. The molecule has 0 amide bonds. The van der Waals surface area contributed by atoms with Crippen LogP contribution in [0, 0.1) is 16.3 Å². The van der Waals surface area contributed by atoms with Crippen molar-refractivity contribution >= 4 is 55.6 Å². The molecule has 0 radical (unpaired) electrons. The monoisotopic (exact) mass is 420 g/mol. The van der Waals surface area contributed by atoms with Crippen LogP contribution in [0.4, 0.5) is 21.5 Å². The van der Waals surface area contributed by atoms with Gasteiger partial charge in [-0.05, 0) is 59.3 Å². The minimum Gasteiger partial charge on any atom is -0.397 e. The summed E-state index contributed by atoms with van der Waals surface area (Å²) in [4.78, 5) is 0. The summed E-state index contributed by atoms with van der Waals surface area (Å²) in [7, 11) is 0.